The predicted molar refractivity (Wildman–Crippen MR) is 180 cm³/mol. The lowest BCUT2D eigenvalue weighted by Crippen LogP contribution is -2.45. The molecule has 1 fully saturated rings. The van der Waals surface area contributed by atoms with Crippen molar-refractivity contribution in [3.63, 3.8) is 0 Å². The number of hydrogen-bond donors (Lipinski definition) is 0. The fraction of sp³-hybridized carbons (Fsp3) is 0.462. The molecule has 2 atom stereocenters. The molecule has 2 aliphatic rings. The van der Waals surface area contributed by atoms with Crippen LogP contribution in [0, 0.1) is 5.82 Å². The monoisotopic (exact) mass is 643 g/mol. The first-order valence-corrected chi connectivity index (χ1v) is 16.4. The van der Waals surface area contributed by atoms with E-state index in [9.17, 15) is 14.0 Å². The van der Waals surface area contributed by atoms with Crippen molar-refractivity contribution in [1.29, 1.82) is 0 Å². The molecule has 0 saturated carbocycles. The number of carbonyl (C=O) groups is 2. The zero-order valence-electron chi connectivity index (χ0n) is 28.7. The number of rotatable bonds is 7. The van der Waals surface area contributed by atoms with Gasteiger partial charge in [-0.1, -0.05) is 44.2 Å². The number of nitrogens with zero attached hydrogens (tertiary/aromatic N) is 1. The molecule has 2 aromatic carbocycles. The molecule has 1 saturated heterocycles. The molecule has 0 N–H and O–H groups in total. The van der Waals surface area contributed by atoms with Gasteiger partial charge >= 0.3 is 11.9 Å². The highest BCUT2D eigenvalue weighted by molar-refractivity contribution is 5.92. The zero-order chi connectivity index (χ0) is 34.1. The van der Waals surface area contributed by atoms with Crippen molar-refractivity contribution < 1.29 is 32.9 Å². The number of ether oxygens (including phenoxy) is 4. The standard InChI is InChI=1S/C39H46FNO6/c1-23(2)35-31(19-18-28-21-29(46-39(6,7)45-28)22-33(42)47-38(3,4)5)34(25-14-16-27(40)17-15-25)30-11-9-10-24-12-13-26(37(43)44-8)20-32(24)36(30)41-35/h12-20,23,28-29H,9-11,21-22H2,1-8H3/t28-,29-/m1/s1. The van der Waals surface area contributed by atoms with Gasteiger partial charge in [0.1, 0.15) is 11.4 Å². The Morgan fingerprint density at radius 1 is 1.09 bits per heavy atom. The van der Waals surface area contributed by atoms with Crippen molar-refractivity contribution in [2.75, 3.05) is 7.11 Å². The second-order valence-corrected chi connectivity index (χ2v) is 14.2. The molecule has 0 bridgehead atoms. The molecule has 0 radical (unpaired) electrons. The fourth-order valence-electron chi connectivity index (χ4n) is 6.56. The summed E-state index contributed by atoms with van der Waals surface area (Å²) in [6, 6.07) is 12.3. The highest BCUT2D eigenvalue weighted by Gasteiger charge is 2.36. The molecular formula is C39H46FNO6. The van der Waals surface area contributed by atoms with Gasteiger partial charge in [-0.15, -0.1) is 0 Å². The number of hydrogen-bond acceptors (Lipinski definition) is 7. The van der Waals surface area contributed by atoms with Crippen LogP contribution >= 0.6 is 0 Å². The van der Waals surface area contributed by atoms with E-state index in [4.69, 9.17) is 23.9 Å². The van der Waals surface area contributed by atoms with Gasteiger partial charge in [0.2, 0.25) is 0 Å². The van der Waals surface area contributed by atoms with E-state index in [0.29, 0.717) is 12.0 Å². The highest BCUT2D eigenvalue weighted by Crippen LogP contribution is 2.42. The third kappa shape index (κ3) is 8.17. The lowest BCUT2D eigenvalue weighted by Gasteiger charge is -2.40. The molecule has 3 aromatic rings. The summed E-state index contributed by atoms with van der Waals surface area (Å²) >= 11 is 0. The molecule has 1 aromatic heterocycles. The number of esters is 2. The van der Waals surface area contributed by atoms with E-state index >= 15 is 0 Å². The number of benzene rings is 2. The van der Waals surface area contributed by atoms with Crippen LogP contribution < -0.4 is 0 Å². The minimum atomic E-state index is -0.909. The normalized spacial score (nSPS) is 19.2. The van der Waals surface area contributed by atoms with Crippen molar-refractivity contribution in [3.8, 4) is 22.4 Å². The number of aryl methyl sites for hydroxylation is 1. The van der Waals surface area contributed by atoms with Crippen LogP contribution in [-0.4, -0.2) is 47.6 Å². The minimum absolute atomic E-state index is 0.0432. The van der Waals surface area contributed by atoms with Gasteiger partial charge in [-0.05, 0) is 106 Å². The van der Waals surface area contributed by atoms with E-state index < -0.39 is 17.4 Å². The Morgan fingerprint density at radius 2 is 1.81 bits per heavy atom. The van der Waals surface area contributed by atoms with Crippen LogP contribution in [-0.2, 0) is 36.6 Å². The summed E-state index contributed by atoms with van der Waals surface area (Å²) in [5.74, 6) is -1.88. The Kier molecular flexibility index (Phi) is 10.0. The number of halogens is 1. The third-order valence-electron chi connectivity index (χ3n) is 8.38. The summed E-state index contributed by atoms with van der Waals surface area (Å²) in [7, 11) is 1.38. The van der Waals surface area contributed by atoms with Gasteiger partial charge in [-0.3, -0.25) is 9.78 Å². The van der Waals surface area contributed by atoms with E-state index in [-0.39, 0.29) is 36.3 Å². The Bertz CT molecular complexity index is 1670. The summed E-state index contributed by atoms with van der Waals surface area (Å²) in [6.07, 6.45) is 6.45. The van der Waals surface area contributed by atoms with Gasteiger partial charge in [0.15, 0.2) is 5.79 Å². The largest absolute Gasteiger partial charge is 0.465 e. The molecule has 0 spiro atoms. The highest BCUT2D eigenvalue weighted by atomic mass is 19.1. The van der Waals surface area contributed by atoms with Gasteiger partial charge < -0.3 is 18.9 Å². The van der Waals surface area contributed by atoms with E-state index in [1.54, 1.807) is 0 Å². The molecule has 47 heavy (non-hydrogen) atoms. The average Bonchev–Trinajstić information content (AvgIpc) is 3.16. The topological polar surface area (TPSA) is 84.0 Å². The Hall–Kier alpha value is -3.88. The predicted octanol–water partition coefficient (Wildman–Crippen LogP) is 8.61. The number of aromatic nitrogens is 1. The molecule has 8 heteroatoms. The number of fused-ring (bicyclic) bond motifs is 3. The van der Waals surface area contributed by atoms with Crippen molar-refractivity contribution in [2.45, 2.75) is 110 Å². The Balaban J connectivity index is 1.63. The van der Waals surface area contributed by atoms with Crippen LogP contribution in [0.25, 0.3) is 28.5 Å². The minimum Gasteiger partial charge on any atom is -0.465 e. The summed E-state index contributed by atoms with van der Waals surface area (Å²) in [5.41, 5.74) is 7.52. The Labute approximate surface area is 277 Å². The molecule has 7 nitrogen and oxygen atoms in total. The molecule has 1 aliphatic carbocycles. The smallest absolute Gasteiger partial charge is 0.337 e. The second-order valence-electron chi connectivity index (χ2n) is 14.2. The van der Waals surface area contributed by atoms with Gasteiger partial charge in [0.25, 0.3) is 0 Å². The quantitative estimate of drug-likeness (QED) is 0.238. The number of methoxy groups -OCH3 is 1. The number of carbonyl (C=O) groups excluding carboxylic acids is 2. The van der Waals surface area contributed by atoms with E-state index in [0.717, 1.165) is 64.0 Å². The number of pyridine rings is 1. The maximum atomic E-state index is 14.2. The molecule has 0 amide bonds. The van der Waals surface area contributed by atoms with Crippen LogP contribution in [0.3, 0.4) is 0 Å². The van der Waals surface area contributed by atoms with Crippen LogP contribution in [0.1, 0.15) is 106 Å². The zero-order valence-corrected chi connectivity index (χ0v) is 28.7. The first-order chi connectivity index (χ1) is 22.1. The first kappa shape index (κ1) is 34.5. The van der Waals surface area contributed by atoms with Gasteiger partial charge in [-0.25, -0.2) is 9.18 Å². The maximum absolute atomic E-state index is 14.2. The SMILES string of the molecule is COC(=O)c1ccc2c(c1)-c1nc(C(C)C)c(C=C[C@@H]3C[C@H](CC(=O)OC(C)(C)C)OC(C)(C)O3)c(-c3ccc(F)cc3)c1CCC2. The van der Waals surface area contributed by atoms with Crippen LogP contribution in [0.5, 0.6) is 0 Å². The van der Waals surface area contributed by atoms with Crippen LogP contribution in [0.15, 0.2) is 48.5 Å². The lowest BCUT2D eigenvalue weighted by molar-refractivity contribution is -0.290. The van der Waals surface area contributed by atoms with E-state index in [2.05, 4.69) is 19.9 Å². The lowest BCUT2D eigenvalue weighted by atomic mass is 9.86. The van der Waals surface area contributed by atoms with Gasteiger partial charge in [0.05, 0.1) is 42.7 Å². The summed E-state index contributed by atoms with van der Waals surface area (Å²) < 4.78 is 37.3. The maximum Gasteiger partial charge on any atom is 0.337 e. The van der Waals surface area contributed by atoms with Gasteiger partial charge in [0, 0.05) is 17.5 Å². The van der Waals surface area contributed by atoms with E-state index in [1.165, 1.54) is 19.2 Å². The molecule has 2 heterocycles. The van der Waals surface area contributed by atoms with Crippen LogP contribution in [0.2, 0.25) is 0 Å². The third-order valence-corrected chi connectivity index (χ3v) is 8.38. The average molecular weight is 644 g/mol. The Morgan fingerprint density at radius 3 is 2.47 bits per heavy atom. The van der Waals surface area contributed by atoms with E-state index in [1.807, 2.05) is 71.0 Å². The molecule has 1 aliphatic heterocycles. The first-order valence-electron chi connectivity index (χ1n) is 16.4. The molecule has 0 unspecified atom stereocenters. The summed E-state index contributed by atoms with van der Waals surface area (Å²) in [6.45, 7) is 13.5. The van der Waals surface area contributed by atoms with Crippen LogP contribution in [0.4, 0.5) is 4.39 Å². The van der Waals surface area contributed by atoms with Gasteiger partial charge in [-0.2, -0.15) is 0 Å². The second kappa shape index (κ2) is 13.7. The van der Waals surface area contributed by atoms with Crippen molar-refractivity contribution in [1.82, 2.24) is 4.98 Å². The molecule has 250 valence electrons. The van der Waals surface area contributed by atoms with Crippen molar-refractivity contribution >= 4 is 18.0 Å². The molecular weight excluding hydrogens is 597 g/mol. The molecule has 5 rings (SSSR count). The fourth-order valence-corrected chi connectivity index (χ4v) is 6.56. The van der Waals surface area contributed by atoms with Crippen molar-refractivity contribution in [3.05, 3.63) is 82.3 Å². The van der Waals surface area contributed by atoms with Crippen molar-refractivity contribution in [2.24, 2.45) is 0 Å². The summed E-state index contributed by atoms with van der Waals surface area (Å²) in [4.78, 5) is 30.5. The summed E-state index contributed by atoms with van der Waals surface area (Å²) in [5, 5.41) is 0.